The van der Waals surface area contributed by atoms with Crippen LogP contribution in [0.3, 0.4) is 0 Å². The summed E-state index contributed by atoms with van der Waals surface area (Å²) >= 11 is 13.4. The van der Waals surface area contributed by atoms with Gasteiger partial charge in [-0.25, -0.2) is 0 Å². The van der Waals surface area contributed by atoms with Crippen molar-refractivity contribution in [1.29, 1.82) is 0 Å². The molecule has 3 aromatic rings. The summed E-state index contributed by atoms with van der Waals surface area (Å²) in [6.07, 6.45) is 0.520. The van der Waals surface area contributed by atoms with E-state index in [2.05, 4.69) is 10.6 Å². The van der Waals surface area contributed by atoms with Gasteiger partial charge in [0.1, 0.15) is 0 Å². The minimum atomic E-state index is -0.368. The lowest BCUT2D eigenvalue weighted by Crippen LogP contribution is -2.27. The third-order valence-corrected chi connectivity index (χ3v) is 5.91. The van der Waals surface area contributed by atoms with Gasteiger partial charge in [0.25, 0.3) is 11.8 Å². The molecule has 31 heavy (non-hydrogen) atoms. The summed E-state index contributed by atoms with van der Waals surface area (Å²) in [5.41, 5.74) is 1.44. The smallest absolute Gasteiger partial charge is 0.265 e. The molecule has 1 heterocycles. The maximum absolute atomic E-state index is 12.9. The Morgan fingerprint density at radius 1 is 1.00 bits per heavy atom. The van der Waals surface area contributed by atoms with Crippen molar-refractivity contribution in [3.8, 4) is 11.5 Å². The van der Waals surface area contributed by atoms with Crippen LogP contribution < -0.4 is 20.1 Å². The van der Waals surface area contributed by atoms with Gasteiger partial charge in [-0.05, 0) is 41.6 Å². The van der Waals surface area contributed by atoms with Gasteiger partial charge < -0.3 is 20.1 Å². The van der Waals surface area contributed by atoms with Crippen LogP contribution in [0.2, 0.25) is 10.0 Å². The molecule has 0 atom stereocenters. The highest BCUT2D eigenvalue weighted by molar-refractivity contribution is 7.12. The van der Waals surface area contributed by atoms with Gasteiger partial charge >= 0.3 is 0 Å². The molecule has 0 bridgehead atoms. The normalized spacial score (nSPS) is 10.5. The summed E-state index contributed by atoms with van der Waals surface area (Å²) in [5, 5.41) is 8.53. The van der Waals surface area contributed by atoms with E-state index in [4.69, 9.17) is 32.7 Å². The van der Waals surface area contributed by atoms with Crippen LogP contribution in [-0.4, -0.2) is 32.6 Å². The maximum atomic E-state index is 12.9. The molecule has 0 unspecified atom stereocenters. The number of thiophene rings is 1. The zero-order valence-electron chi connectivity index (χ0n) is 16.8. The number of carbonyl (C=O) groups excluding carboxylic acids is 2. The maximum Gasteiger partial charge on any atom is 0.265 e. The Morgan fingerprint density at radius 3 is 2.39 bits per heavy atom. The number of rotatable bonds is 8. The molecule has 1 aromatic heterocycles. The molecule has 9 heteroatoms. The molecular weight excluding hydrogens is 459 g/mol. The predicted octanol–water partition coefficient (Wildman–Crippen LogP) is 5.30. The lowest BCUT2D eigenvalue weighted by Gasteiger charge is -2.15. The molecule has 0 saturated heterocycles. The van der Waals surface area contributed by atoms with Crippen LogP contribution in [0.1, 0.15) is 25.6 Å². The van der Waals surface area contributed by atoms with Crippen LogP contribution in [0.25, 0.3) is 0 Å². The average molecular weight is 479 g/mol. The van der Waals surface area contributed by atoms with Crippen molar-refractivity contribution in [1.82, 2.24) is 5.32 Å². The van der Waals surface area contributed by atoms with E-state index in [0.29, 0.717) is 45.1 Å². The molecular formula is C22H20Cl2N2O4S. The fourth-order valence-corrected chi connectivity index (χ4v) is 4.01. The highest BCUT2D eigenvalue weighted by atomic mass is 35.5. The lowest BCUT2D eigenvalue weighted by molar-refractivity contribution is 0.0954. The van der Waals surface area contributed by atoms with Crippen LogP contribution in [0.15, 0.2) is 47.8 Å². The molecule has 2 aromatic carbocycles. The molecule has 6 nitrogen and oxygen atoms in total. The van der Waals surface area contributed by atoms with Crippen LogP contribution >= 0.6 is 34.5 Å². The zero-order chi connectivity index (χ0) is 22.4. The Kier molecular flexibility index (Phi) is 7.79. The van der Waals surface area contributed by atoms with E-state index in [0.717, 1.165) is 5.56 Å². The van der Waals surface area contributed by atoms with E-state index in [9.17, 15) is 9.59 Å². The number of anilines is 1. The van der Waals surface area contributed by atoms with Crippen molar-refractivity contribution in [3.05, 3.63) is 73.9 Å². The van der Waals surface area contributed by atoms with Gasteiger partial charge in [-0.15, -0.1) is 11.3 Å². The van der Waals surface area contributed by atoms with Gasteiger partial charge in [-0.3, -0.25) is 9.59 Å². The van der Waals surface area contributed by atoms with Crippen molar-refractivity contribution in [2.75, 3.05) is 26.1 Å². The summed E-state index contributed by atoms with van der Waals surface area (Å²) in [6.45, 7) is 0.340. The Hall–Kier alpha value is -2.74. The molecule has 0 spiro atoms. The van der Waals surface area contributed by atoms with Crippen LogP contribution in [0.4, 0.5) is 5.69 Å². The largest absolute Gasteiger partial charge is 0.493 e. The Balaban J connectivity index is 1.79. The molecule has 0 saturated carbocycles. The molecule has 0 aliphatic heterocycles. The van der Waals surface area contributed by atoms with Gasteiger partial charge in [0.05, 0.1) is 30.3 Å². The van der Waals surface area contributed by atoms with Gasteiger partial charge in [0, 0.05) is 22.7 Å². The standard InChI is InChI=1S/C22H20Cl2N2O4S/c1-29-18-11-15(21(27)25-8-7-13-5-6-14(23)10-16(13)24)17(12-19(18)30-2)26-22(28)20-4-3-9-31-20/h3-6,9-12H,7-8H2,1-2H3,(H,25,27)(H,26,28). The van der Waals surface area contributed by atoms with Crippen molar-refractivity contribution in [3.63, 3.8) is 0 Å². The van der Waals surface area contributed by atoms with Crippen molar-refractivity contribution in [2.24, 2.45) is 0 Å². The monoisotopic (exact) mass is 478 g/mol. The molecule has 162 valence electrons. The fraction of sp³-hybridized carbons (Fsp3) is 0.182. The molecule has 2 N–H and O–H groups in total. The summed E-state index contributed by atoms with van der Waals surface area (Å²) in [6, 6.07) is 11.8. The van der Waals surface area contributed by atoms with Crippen molar-refractivity contribution < 1.29 is 19.1 Å². The van der Waals surface area contributed by atoms with Crippen molar-refractivity contribution >= 4 is 52.0 Å². The number of benzene rings is 2. The highest BCUT2D eigenvalue weighted by Crippen LogP contribution is 2.34. The first-order valence-electron chi connectivity index (χ1n) is 9.26. The first-order chi connectivity index (χ1) is 14.9. The Morgan fingerprint density at radius 2 is 1.74 bits per heavy atom. The predicted molar refractivity (Wildman–Crippen MR) is 124 cm³/mol. The summed E-state index contributed by atoms with van der Waals surface area (Å²) < 4.78 is 10.6. The van der Waals surface area contributed by atoms with E-state index in [1.54, 1.807) is 35.7 Å². The second kappa shape index (κ2) is 10.5. The van der Waals surface area contributed by atoms with Crippen LogP contribution in [-0.2, 0) is 6.42 Å². The number of methoxy groups -OCH3 is 2. The molecule has 0 aliphatic rings. The Labute approximate surface area is 194 Å². The number of amides is 2. The second-order valence-electron chi connectivity index (χ2n) is 6.43. The number of hydrogen-bond acceptors (Lipinski definition) is 5. The van der Waals surface area contributed by atoms with Gasteiger partial charge in [0.2, 0.25) is 0 Å². The summed E-state index contributed by atoms with van der Waals surface area (Å²) in [5.74, 6) is 0.0905. The third-order valence-electron chi connectivity index (χ3n) is 4.46. The van der Waals surface area contributed by atoms with Gasteiger partial charge in [-0.1, -0.05) is 35.3 Å². The molecule has 0 radical (unpaired) electrons. The minimum absolute atomic E-state index is 0.254. The molecule has 0 aliphatic carbocycles. The third kappa shape index (κ3) is 5.70. The zero-order valence-corrected chi connectivity index (χ0v) is 19.2. The highest BCUT2D eigenvalue weighted by Gasteiger charge is 2.19. The summed E-state index contributed by atoms with van der Waals surface area (Å²) in [7, 11) is 2.96. The van der Waals surface area contributed by atoms with Gasteiger partial charge in [0.15, 0.2) is 11.5 Å². The molecule has 3 rings (SSSR count). The second-order valence-corrected chi connectivity index (χ2v) is 8.22. The average Bonchev–Trinajstić information content (AvgIpc) is 3.30. The van der Waals surface area contributed by atoms with E-state index in [1.807, 2.05) is 6.07 Å². The lowest BCUT2D eigenvalue weighted by atomic mass is 10.1. The number of halogens is 2. The summed E-state index contributed by atoms with van der Waals surface area (Å²) in [4.78, 5) is 26.0. The fourth-order valence-electron chi connectivity index (χ4n) is 2.89. The number of ether oxygens (including phenoxy) is 2. The van der Waals surface area contributed by atoms with E-state index >= 15 is 0 Å². The Bertz CT molecular complexity index is 1090. The SMILES string of the molecule is COc1cc(NC(=O)c2cccs2)c(C(=O)NCCc2ccc(Cl)cc2Cl)cc1OC. The van der Waals surface area contributed by atoms with Gasteiger partial charge in [-0.2, -0.15) is 0 Å². The minimum Gasteiger partial charge on any atom is -0.493 e. The van der Waals surface area contributed by atoms with Crippen LogP contribution in [0, 0.1) is 0 Å². The van der Waals surface area contributed by atoms with E-state index in [-0.39, 0.29) is 17.4 Å². The number of nitrogens with one attached hydrogen (secondary N) is 2. The number of hydrogen-bond donors (Lipinski definition) is 2. The number of carbonyl (C=O) groups is 2. The van der Waals surface area contributed by atoms with Crippen molar-refractivity contribution in [2.45, 2.75) is 6.42 Å². The van der Waals surface area contributed by atoms with E-state index in [1.165, 1.54) is 31.6 Å². The van der Waals surface area contributed by atoms with Crippen LogP contribution in [0.5, 0.6) is 11.5 Å². The first kappa shape index (κ1) is 22.9. The topological polar surface area (TPSA) is 76.7 Å². The molecule has 2 amide bonds. The van der Waals surface area contributed by atoms with E-state index < -0.39 is 0 Å². The first-order valence-corrected chi connectivity index (χ1v) is 10.9. The molecule has 0 fully saturated rings. The quantitative estimate of drug-likeness (QED) is 0.460.